The van der Waals surface area contributed by atoms with E-state index in [2.05, 4.69) is 12.2 Å². The third-order valence-corrected chi connectivity index (χ3v) is 2.84. The summed E-state index contributed by atoms with van der Waals surface area (Å²) in [6.07, 6.45) is 3.68. The first-order chi connectivity index (χ1) is 5.70. The van der Waals surface area contributed by atoms with Crippen LogP contribution in [0.3, 0.4) is 0 Å². The van der Waals surface area contributed by atoms with Crippen molar-refractivity contribution in [1.29, 1.82) is 0 Å². The molecule has 0 aromatic rings. The Morgan fingerprint density at radius 2 is 2.33 bits per heavy atom. The molecular weight excluding hydrogens is 152 g/mol. The van der Waals surface area contributed by atoms with Gasteiger partial charge in [-0.3, -0.25) is 0 Å². The summed E-state index contributed by atoms with van der Waals surface area (Å²) in [5.74, 6) is 0. The fraction of sp³-hybridized carbons (Fsp3) is 0.889. The first-order valence-corrected chi connectivity index (χ1v) is 4.72. The second kappa shape index (κ2) is 2.64. The van der Waals surface area contributed by atoms with Crippen LogP contribution in [-0.4, -0.2) is 30.6 Å². The summed E-state index contributed by atoms with van der Waals surface area (Å²) in [7, 11) is 0. The van der Waals surface area contributed by atoms with Crippen LogP contribution >= 0.6 is 0 Å². The second-order valence-corrected chi connectivity index (χ2v) is 4.32. The van der Waals surface area contributed by atoms with E-state index >= 15 is 0 Å². The molecule has 0 aromatic heterocycles. The minimum absolute atomic E-state index is 0.134. The molecule has 3 nitrogen and oxygen atoms in total. The summed E-state index contributed by atoms with van der Waals surface area (Å²) in [5.41, 5.74) is 0.453. The normalized spacial score (nSPS) is 26.8. The number of carbonyl (C=O) groups is 1. The highest BCUT2D eigenvalue weighted by molar-refractivity contribution is 5.74. The van der Waals surface area contributed by atoms with Gasteiger partial charge < -0.3 is 10.2 Å². The lowest BCUT2D eigenvalue weighted by Crippen LogP contribution is -2.48. The first kappa shape index (κ1) is 7.90. The van der Waals surface area contributed by atoms with Crippen LogP contribution in [0.15, 0.2) is 0 Å². The zero-order valence-corrected chi connectivity index (χ0v) is 7.60. The monoisotopic (exact) mass is 168 g/mol. The first-order valence-electron chi connectivity index (χ1n) is 4.72. The molecule has 2 aliphatic rings. The minimum Gasteiger partial charge on any atom is -0.338 e. The average Bonchev–Trinajstić information content (AvgIpc) is 2.74. The maximum atomic E-state index is 11.3. The van der Waals surface area contributed by atoms with Gasteiger partial charge in [0.2, 0.25) is 0 Å². The maximum Gasteiger partial charge on any atom is 0.317 e. The Bertz CT molecular complexity index is 199. The molecule has 12 heavy (non-hydrogen) atoms. The van der Waals surface area contributed by atoms with Crippen LogP contribution in [0.25, 0.3) is 0 Å². The van der Waals surface area contributed by atoms with Crippen LogP contribution in [0.1, 0.15) is 26.2 Å². The van der Waals surface area contributed by atoms with E-state index in [1.54, 1.807) is 0 Å². The van der Waals surface area contributed by atoms with Crippen molar-refractivity contribution in [3.63, 3.8) is 0 Å². The molecule has 1 N–H and O–H groups in total. The van der Waals surface area contributed by atoms with Crippen molar-refractivity contribution in [2.75, 3.05) is 19.6 Å². The molecule has 1 saturated heterocycles. The minimum atomic E-state index is 0.134. The molecule has 0 atom stereocenters. The number of nitrogens with one attached hydrogen (secondary N) is 1. The Balaban J connectivity index is 1.89. The Hall–Kier alpha value is -0.730. The fourth-order valence-corrected chi connectivity index (χ4v) is 1.66. The summed E-state index contributed by atoms with van der Waals surface area (Å²) >= 11 is 0. The van der Waals surface area contributed by atoms with E-state index in [0.717, 1.165) is 26.1 Å². The highest BCUT2D eigenvalue weighted by Gasteiger charge is 2.40. The summed E-state index contributed by atoms with van der Waals surface area (Å²) < 4.78 is 0. The van der Waals surface area contributed by atoms with E-state index in [1.165, 1.54) is 12.8 Å². The Morgan fingerprint density at radius 3 is 2.92 bits per heavy atom. The molecule has 0 radical (unpaired) electrons. The van der Waals surface area contributed by atoms with Gasteiger partial charge in [0.05, 0.1) is 0 Å². The van der Waals surface area contributed by atoms with E-state index in [1.807, 2.05) is 4.90 Å². The van der Waals surface area contributed by atoms with E-state index in [4.69, 9.17) is 0 Å². The van der Waals surface area contributed by atoms with E-state index in [-0.39, 0.29) is 6.03 Å². The van der Waals surface area contributed by atoms with Crippen LogP contribution in [0, 0.1) is 5.41 Å². The van der Waals surface area contributed by atoms with Gasteiger partial charge in [0.1, 0.15) is 0 Å². The molecule has 1 aliphatic heterocycles. The predicted octanol–water partition coefficient (Wildman–Crippen LogP) is 1.20. The Morgan fingerprint density at radius 1 is 1.58 bits per heavy atom. The summed E-state index contributed by atoms with van der Waals surface area (Å²) in [6.45, 7) is 5.02. The number of hydrogen-bond acceptors (Lipinski definition) is 1. The van der Waals surface area contributed by atoms with Crippen molar-refractivity contribution >= 4 is 6.03 Å². The molecule has 2 amide bonds. The van der Waals surface area contributed by atoms with Gasteiger partial charge in [-0.1, -0.05) is 6.92 Å². The predicted molar refractivity (Wildman–Crippen MR) is 46.9 cm³/mol. The van der Waals surface area contributed by atoms with Gasteiger partial charge in [0.25, 0.3) is 0 Å². The van der Waals surface area contributed by atoms with Crippen molar-refractivity contribution in [3.05, 3.63) is 0 Å². The van der Waals surface area contributed by atoms with Gasteiger partial charge in [-0.25, -0.2) is 4.79 Å². The SMILES string of the molecule is CC1(CN2CCCNC2=O)CC1. The van der Waals surface area contributed by atoms with Gasteiger partial charge in [-0.15, -0.1) is 0 Å². The topological polar surface area (TPSA) is 32.3 Å². The van der Waals surface area contributed by atoms with Crippen LogP contribution < -0.4 is 5.32 Å². The van der Waals surface area contributed by atoms with Gasteiger partial charge in [0.15, 0.2) is 0 Å². The van der Waals surface area contributed by atoms with Gasteiger partial charge in [-0.05, 0) is 24.7 Å². The lowest BCUT2D eigenvalue weighted by atomic mass is 10.1. The number of nitrogens with zero attached hydrogens (tertiary/aromatic N) is 1. The van der Waals surface area contributed by atoms with Gasteiger partial charge >= 0.3 is 6.03 Å². The van der Waals surface area contributed by atoms with Crippen LogP contribution in [0.5, 0.6) is 0 Å². The standard InChI is InChI=1S/C9H16N2O/c1-9(3-4-9)7-11-6-2-5-10-8(11)12/h2-7H2,1H3,(H,10,12). The van der Waals surface area contributed by atoms with Gasteiger partial charge in [0, 0.05) is 19.6 Å². The molecule has 1 saturated carbocycles. The maximum absolute atomic E-state index is 11.3. The molecule has 1 heterocycles. The van der Waals surface area contributed by atoms with E-state index in [9.17, 15) is 4.79 Å². The highest BCUT2D eigenvalue weighted by atomic mass is 16.2. The Labute approximate surface area is 73.1 Å². The summed E-state index contributed by atoms with van der Waals surface area (Å²) in [5, 5.41) is 2.87. The number of rotatable bonds is 2. The molecule has 0 aromatic carbocycles. The van der Waals surface area contributed by atoms with Crippen LogP contribution in [-0.2, 0) is 0 Å². The quantitative estimate of drug-likeness (QED) is 0.660. The molecule has 3 heteroatoms. The summed E-state index contributed by atoms with van der Waals surface area (Å²) in [6, 6.07) is 0.134. The number of urea groups is 1. The molecule has 2 rings (SSSR count). The molecule has 0 unspecified atom stereocenters. The number of amides is 2. The van der Waals surface area contributed by atoms with Crippen molar-refractivity contribution in [1.82, 2.24) is 10.2 Å². The zero-order chi connectivity index (χ0) is 8.60. The zero-order valence-electron chi connectivity index (χ0n) is 7.60. The second-order valence-electron chi connectivity index (χ2n) is 4.32. The third kappa shape index (κ3) is 1.54. The third-order valence-electron chi connectivity index (χ3n) is 2.84. The van der Waals surface area contributed by atoms with E-state index < -0.39 is 0 Å². The van der Waals surface area contributed by atoms with Crippen molar-refractivity contribution < 1.29 is 4.79 Å². The molecule has 0 bridgehead atoms. The number of hydrogen-bond donors (Lipinski definition) is 1. The number of carbonyl (C=O) groups excluding carboxylic acids is 1. The van der Waals surface area contributed by atoms with E-state index in [0.29, 0.717) is 5.41 Å². The molecule has 2 fully saturated rings. The molecule has 1 aliphatic carbocycles. The smallest absolute Gasteiger partial charge is 0.317 e. The van der Waals surface area contributed by atoms with Crippen molar-refractivity contribution in [2.24, 2.45) is 5.41 Å². The van der Waals surface area contributed by atoms with Crippen LogP contribution in [0.4, 0.5) is 4.79 Å². The van der Waals surface area contributed by atoms with Crippen molar-refractivity contribution in [2.45, 2.75) is 26.2 Å². The Kier molecular flexibility index (Phi) is 1.74. The summed E-state index contributed by atoms with van der Waals surface area (Å²) in [4.78, 5) is 13.3. The average molecular weight is 168 g/mol. The lowest BCUT2D eigenvalue weighted by molar-refractivity contribution is 0.174. The molecule has 0 spiro atoms. The molecule has 68 valence electrons. The van der Waals surface area contributed by atoms with Gasteiger partial charge in [-0.2, -0.15) is 0 Å². The fourth-order valence-electron chi connectivity index (χ4n) is 1.66. The largest absolute Gasteiger partial charge is 0.338 e. The molecular formula is C9H16N2O. The van der Waals surface area contributed by atoms with Crippen LogP contribution in [0.2, 0.25) is 0 Å². The van der Waals surface area contributed by atoms with Crippen molar-refractivity contribution in [3.8, 4) is 0 Å². The lowest BCUT2D eigenvalue weighted by Gasteiger charge is -2.29. The highest BCUT2D eigenvalue weighted by Crippen LogP contribution is 2.45.